The maximum atomic E-state index is 11.2. The molecule has 2 aromatic carbocycles. The molecular formula is C14H13O3S-. The lowest BCUT2D eigenvalue weighted by molar-refractivity contribution is 0.463. The van der Waals surface area contributed by atoms with Crippen LogP contribution >= 0.6 is 0 Å². The molecule has 0 heterocycles. The fourth-order valence-electron chi connectivity index (χ4n) is 1.82. The van der Waals surface area contributed by atoms with Gasteiger partial charge in [-0.3, -0.25) is 0 Å². The van der Waals surface area contributed by atoms with Crippen molar-refractivity contribution in [1.82, 2.24) is 0 Å². The molecule has 0 atom stereocenters. The van der Waals surface area contributed by atoms with Crippen LogP contribution in [0.3, 0.4) is 0 Å². The van der Waals surface area contributed by atoms with Gasteiger partial charge in [0.1, 0.15) is 10.1 Å². The molecule has 0 spiro atoms. The van der Waals surface area contributed by atoms with E-state index in [4.69, 9.17) is 0 Å². The Morgan fingerprint density at radius 3 is 2.00 bits per heavy atom. The van der Waals surface area contributed by atoms with Crippen molar-refractivity contribution in [3.63, 3.8) is 0 Å². The molecule has 18 heavy (non-hydrogen) atoms. The van der Waals surface area contributed by atoms with Crippen molar-refractivity contribution < 1.29 is 13.0 Å². The van der Waals surface area contributed by atoms with E-state index < -0.39 is 10.1 Å². The number of benzene rings is 2. The van der Waals surface area contributed by atoms with Crippen molar-refractivity contribution in [2.24, 2.45) is 0 Å². The molecule has 0 aromatic heterocycles. The summed E-state index contributed by atoms with van der Waals surface area (Å²) < 4.78 is 33.7. The standard InChI is InChI=1S/C14H14O3S/c1-10-3-6-12(7-4-10)13-9-11(2)5-8-14(13)18(15,16)17/h3-9H,1-2H3,(H,15,16,17)/p-1. The van der Waals surface area contributed by atoms with E-state index in [9.17, 15) is 13.0 Å². The van der Waals surface area contributed by atoms with E-state index in [1.165, 1.54) is 6.07 Å². The van der Waals surface area contributed by atoms with E-state index in [0.717, 1.165) is 16.7 Å². The number of hydrogen-bond donors (Lipinski definition) is 0. The van der Waals surface area contributed by atoms with Crippen molar-refractivity contribution in [2.45, 2.75) is 18.7 Å². The Morgan fingerprint density at radius 1 is 0.889 bits per heavy atom. The highest BCUT2D eigenvalue weighted by Gasteiger charge is 2.10. The SMILES string of the molecule is Cc1ccc(-c2cc(C)ccc2S(=O)(=O)[O-])cc1. The topological polar surface area (TPSA) is 57.2 Å². The first-order valence-electron chi connectivity index (χ1n) is 5.51. The van der Waals surface area contributed by atoms with Gasteiger partial charge in [0.25, 0.3) is 0 Å². The zero-order valence-corrected chi connectivity index (χ0v) is 11.0. The minimum atomic E-state index is -4.46. The van der Waals surface area contributed by atoms with E-state index >= 15 is 0 Å². The van der Waals surface area contributed by atoms with E-state index in [1.54, 1.807) is 12.1 Å². The highest BCUT2D eigenvalue weighted by atomic mass is 32.2. The van der Waals surface area contributed by atoms with Crippen LogP contribution in [-0.4, -0.2) is 13.0 Å². The summed E-state index contributed by atoms with van der Waals surface area (Å²) in [6.07, 6.45) is 0. The zero-order valence-electron chi connectivity index (χ0n) is 10.2. The first-order valence-corrected chi connectivity index (χ1v) is 6.92. The summed E-state index contributed by atoms with van der Waals surface area (Å²) in [5.74, 6) is 0. The van der Waals surface area contributed by atoms with E-state index in [1.807, 2.05) is 38.1 Å². The van der Waals surface area contributed by atoms with E-state index in [-0.39, 0.29) is 4.90 Å². The van der Waals surface area contributed by atoms with Gasteiger partial charge in [0.15, 0.2) is 0 Å². The maximum absolute atomic E-state index is 11.2. The minimum Gasteiger partial charge on any atom is -0.744 e. The van der Waals surface area contributed by atoms with Crippen molar-refractivity contribution in [1.29, 1.82) is 0 Å². The third kappa shape index (κ3) is 2.60. The maximum Gasteiger partial charge on any atom is 0.125 e. The molecule has 0 N–H and O–H groups in total. The predicted octanol–water partition coefficient (Wildman–Crippen LogP) is 2.87. The van der Waals surface area contributed by atoms with Crippen LogP contribution in [0.25, 0.3) is 11.1 Å². The molecule has 2 aromatic rings. The quantitative estimate of drug-likeness (QED) is 0.781. The van der Waals surface area contributed by atoms with Crippen LogP contribution < -0.4 is 0 Å². The molecule has 0 bridgehead atoms. The molecule has 4 heteroatoms. The fourth-order valence-corrected chi connectivity index (χ4v) is 2.50. The molecule has 0 saturated carbocycles. The van der Waals surface area contributed by atoms with E-state index in [2.05, 4.69) is 0 Å². The molecule has 3 nitrogen and oxygen atoms in total. The molecule has 94 valence electrons. The smallest absolute Gasteiger partial charge is 0.125 e. The lowest BCUT2D eigenvalue weighted by atomic mass is 10.0. The first-order chi connectivity index (χ1) is 8.38. The summed E-state index contributed by atoms with van der Waals surface area (Å²) in [6, 6.07) is 12.1. The summed E-state index contributed by atoms with van der Waals surface area (Å²) in [5, 5.41) is 0. The summed E-state index contributed by atoms with van der Waals surface area (Å²) in [4.78, 5) is -0.169. The van der Waals surface area contributed by atoms with Gasteiger partial charge in [-0.15, -0.1) is 0 Å². The molecule has 0 aliphatic carbocycles. The first kappa shape index (κ1) is 12.8. The van der Waals surface area contributed by atoms with Crippen LogP contribution in [0.15, 0.2) is 47.4 Å². The second kappa shape index (κ2) is 4.55. The Morgan fingerprint density at radius 2 is 1.44 bits per heavy atom. The summed E-state index contributed by atoms with van der Waals surface area (Å²) in [7, 11) is -4.46. The normalized spacial score (nSPS) is 11.5. The molecule has 2 rings (SSSR count). The Balaban J connectivity index is 2.69. The van der Waals surface area contributed by atoms with Crippen molar-refractivity contribution in [2.75, 3.05) is 0 Å². The Labute approximate surface area is 107 Å². The molecular weight excluding hydrogens is 248 g/mol. The van der Waals surface area contributed by atoms with Crippen LogP contribution in [0.2, 0.25) is 0 Å². The predicted molar refractivity (Wildman–Crippen MR) is 69.3 cm³/mol. The third-order valence-electron chi connectivity index (χ3n) is 2.77. The molecule has 0 unspecified atom stereocenters. The van der Waals surface area contributed by atoms with Gasteiger partial charge in [-0.25, -0.2) is 8.42 Å². The van der Waals surface area contributed by atoms with Crippen molar-refractivity contribution in [3.05, 3.63) is 53.6 Å². The van der Waals surface area contributed by atoms with Gasteiger partial charge in [0, 0.05) is 0 Å². The third-order valence-corrected chi connectivity index (χ3v) is 3.66. The number of rotatable bonds is 2. The second-order valence-electron chi connectivity index (χ2n) is 4.32. The lowest BCUT2D eigenvalue weighted by Crippen LogP contribution is -2.01. The molecule has 0 radical (unpaired) electrons. The van der Waals surface area contributed by atoms with Gasteiger partial charge in [0.05, 0.1) is 4.90 Å². The van der Waals surface area contributed by atoms with Crippen LogP contribution in [0.1, 0.15) is 11.1 Å². The molecule has 0 fully saturated rings. The summed E-state index contributed by atoms with van der Waals surface area (Å²) in [6.45, 7) is 3.81. The fraction of sp³-hybridized carbons (Fsp3) is 0.143. The van der Waals surface area contributed by atoms with Gasteiger partial charge in [-0.2, -0.15) is 0 Å². The molecule has 0 saturated heterocycles. The number of aryl methyl sites for hydroxylation is 2. The molecule has 0 aliphatic heterocycles. The summed E-state index contributed by atoms with van der Waals surface area (Å²) >= 11 is 0. The van der Waals surface area contributed by atoms with Crippen LogP contribution in [0.5, 0.6) is 0 Å². The van der Waals surface area contributed by atoms with Gasteiger partial charge >= 0.3 is 0 Å². The van der Waals surface area contributed by atoms with Crippen LogP contribution in [0, 0.1) is 13.8 Å². The van der Waals surface area contributed by atoms with Crippen LogP contribution in [-0.2, 0) is 10.1 Å². The Bertz CT molecular complexity index is 671. The van der Waals surface area contributed by atoms with Crippen molar-refractivity contribution >= 4 is 10.1 Å². The average Bonchev–Trinajstić information content (AvgIpc) is 2.28. The highest BCUT2D eigenvalue weighted by Crippen LogP contribution is 2.28. The van der Waals surface area contributed by atoms with Gasteiger partial charge in [0.2, 0.25) is 0 Å². The minimum absolute atomic E-state index is 0.169. The zero-order chi connectivity index (χ0) is 13.3. The average molecular weight is 261 g/mol. The molecule has 0 amide bonds. The van der Waals surface area contributed by atoms with Crippen LogP contribution in [0.4, 0.5) is 0 Å². The van der Waals surface area contributed by atoms with Gasteiger partial charge < -0.3 is 4.55 Å². The molecule has 0 aliphatic rings. The Hall–Kier alpha value is -1.65. The summed E-state index contributed by atoms with van der Waals surface area (Å²) in [5.41, 5.74) is 3.19. The highest BCUT2D eigenvalue weighted by molar-refractivity contribution is 7.85. The Kier molecular flexibility index (Phi) is 3.24. The lowest BCUT2D eigenvalue weighted by Gasteiger charge is -2.14. The van der Waals surface area contributed by atoms with Gasteiger partial charge in [-0.05, 0) is 31.0 Å². The number of hydrogen-bond acceptors (Lipinski definition) is 3. The van der Waals surface area contributed by atoms with Crippen molar-refractivity contribution in [3.8, 4) is 11.1 Å². The second-order valence-corrected chi connectivity index (χ2v) is 5.67. The van der Waals surface area contributed by atoms with Gasteiger partial charge in [-0.1, -0.05) is 47.5 Å². The largest absolute Gasteiger partial charge is 0.744 e. The monoisotopic (exact) mass is 261 g/mol. The van der Waals surface area contributed by atoms with E-state index in [0.29, 0.717) is 5.56 Å².